The average Bonchev–Trinajstić information content (AvgIpc) is 3.22. The van der Waals surface area contributed by atoms with Gasteiger partial charge in [-0.25, -0.2) is 4.57 Å². The minimum Gasteiger partial charge on any atom is -0.393 e. The van der Waals surface area contributed by atoms with E-state index in [4.69, 9.17) is 9.05 Å². The summed E-state index contributed by atoms with van der Waals surface area (Å²) in [6, 6.07) is -1.24. The SMILES string of the molecule is CCCCCCCCCC/C=C/C(O)C(COP(=O)(O)OC1C(O)C(O)C(O)C(O)C1O)NC(=O)CC(O)CCCCCCC/C=C\CCCCCCCCCCCCC. The number of carbonyl (C=O) groups is 1. The van der Waals surface area contributed by atoms with Crippen molar-refractivity contribution < 1.29 is 59.0 Å². The van der Waals surface area contributed by atoms with E-state index in [2.05, 4.69) is 31.3 Å². The molecule has 60 heavy (non-hydrogen) atoms. The molecule has 354 valence electrons. The van der Waals surface area contributed by atoms with Gasteiger partial charge in [0, 0.05) is 0 Å². The Morgan fingerprint density at radius 3 is 1.42 bits per heavy atom. The maximum absolute atomic E-state index is 13.0. The number of hydrogen-bond donors (Lipinski definition) is 9. The summed E-state index contributed by atoms with van der Waals surface area (Å²) < 4.78 is 22.8. The monoisotopic (exact) mass is 878 g/mol. The van der Waals surface area contributed by atoms with Crippen LogP contribution in [0, 0.1) is 0 Å². The number of phosphoric acid groups is 1. The Labute approximate surface area is 363 Å². The van der Waals surface area contributed by atoms with Crippen LogP contribution in [-0.4, -0.2) is 108 Å². The van der Waals surface area contributed by atoms with Gasteiger partial charge in [0.05, 0.1) is 31.3 Å². The van der Waals surface area contributed by atoms with Crippen LogP contribution >= 0.6 is 7.82 Å². The molecule has 1 aliphatic rings. The molecule has 1 aliphatic carbocycles. The Morgan fingerprint density at radius 1 is 0.583 bits per heavy atom. The van der Waals surface area contributed by atoms with Crippen LogP contribution in [0.5, 0.6) is 0 Å². The van der Waals surface area contributed by atoms with Crippen molar-refractivity contribution in [1.82, 2.24) is 5.32 Å². The number of carbonyl (C=O) groups excluding carboxylic acids is 1. The van der Waals surface area contributed by atoms with Crippen LogP contribution in [0.4, 0.5) is 0 Å². The zero-order valence-electron chi connectivity index (χ0n) is 37.4. The van der Waals surface area contributed by atoms with E-state index in [0.717, 1.165) is 64.2 Å². The van der Waals surface area contributed by atoms with E-state index in [-0.39, 0.29) is 6.42 Å². The summed E-state index contributed by atoms with van der Waals surface area (Å²) in [6.07, 6.45) is 25.7. The highest BCUT2D eigenvalue weighted by Gasteiger charge is 2.51. The Hall–Kier alpha value is -1.22. The molecule has 0 spiro atoms. The van der Waals surface area contributed by atoms with Crippen LogP contribution in [0.15, 0.2) is 24.3 Å². The van der Waals surface area contributed by atoms with E-state index >= 15 is 0 Å². The summed E-state index contributed by atoms with van der Waals surface area (Å²) in [7, 11) is -5.14. The van der Waals surface area contributed by atoms with E-state index in [1.807, 2.05) is 0 Å². The van der Waals surface area contributed by atoms with Gasteiger partial charge in [-0.3, -0.25) is 13.8 Å². The highest BCUT2D eigenvalue weighted by atomic mass is 31.2. The Bertz CT molecular complexity index is 1130. The van der Waals surface area contributed by atoms with Crippen molar-refractivity contribution >= 4 is 13.7 Å². The second-order valence-corrected chi connectivity index (χ2v) is 18.5. The number of amides is 1. The van der Waals surface area contributed by atoms with Crippen molar-refractivity contribution in [2.45, 2.75) is 255 Å². The maximum Gasteiger partial charge on any atom is 0.472 e. The van der Waals surface area contributed by atoms with Crippen LogP contribution in [0.1, 0.15) is 200 Å². The number of aliphatic hydroxyl groups excluding tert-OH is 7. The zero-order chi connectivity index (χ0) is 44.4. The third-order valence-corrected chi connectivity index (χ3v) is 12.5. The molecule has 1 amide bonds. The van der Waals surface area contributed by atoms with Crippen molar-refractivity contribution in [1.29, 1.82) is 0 Å². The summed E-state index contributed by atoms with van der Waals surface area (Å²) in [5, 5.41) is 74.3. The average molecular weight is 878 g/mol. The number of rotatable bonds is 39. The van der Waals surface area contributed by atoms with Crippen molar-refractivity contribution in [2.24, 2.45) is 0 Å². The molecule has 8 unspecified atom stereocenters. The van der Waals surface area contributed by atoms with Gasteiger partial charge < -0.3 is 46.0 Å². The van der Waals surface area contributed by atoms with E-state index in [1.54, 1.807) is 6.08 Å². The van der Waals surface area contributed by atoms with Gasteiger partial charge in [0.15, 0.2) is 0 Å². The van der Waals surface area contributed by atoms with Gasteiger partial charge in [0.1, 0.15) is 36.6 Å². The van der Waals surface area contributed by atoms with Crippen molar-refractivity contribution in [3.8, 4) is 0 Å². The lowest BCUT2D eigenvalue weighted by Gasteiger charge is -2.41. The molecule has 1 rings (SSSR count). The largest absolute Gasteiger partial charge is 0.472 e. The first-order valence-corrected chi connectivity index (χ1v) is 25.4. The van der Waals surface area contributed by atoms with E-state index in [1.165, 1.54) is 109 Å². The van der Waals surface area contributed by atoms with Crippen LogP contribution < -0.4 is 5.32 Å². The highest BCUT2D eigenvalue weighted by molar-refractivity contribution is 7.47. The van der Waals surface area contributed by atoms with Gasteiger partial charge in [0.2, 0.25) is 5.91 Å². The first-order valence-electron chi connectivity index (χ1n) is 23.9. The van der Waals surface area contributed by atoms with Gasteiger partial charge in [0.25, 0.3) is 0 Å². The quantitative estimate of drug-likeness (QED) is 0.0163. The molecule has 14 heteroatoms. The normalized spacial score (nSPS) is 23.6. The zero-order valence-corrected chi connectivity index (χ0v) is 38.3. The van der Waals surface area contributed by atoms with Gasteiger partial charge >= 0.3 is 7.82 Å². The van der Waals surface area contributed by atoms with E-state index in [0.29, 0.717) is 12.8 Å². The first-order chi connectivity index (χ1) is 28.8. The summed E-state index contributed by atoms with van der Waals surface area (Å²) >= 11 is 0. The highest BCUT2D eigenvalue weighted by Crippen LogP contribution is 2.47. The number of unbranched alkanes of at least 4 members (excludes halogenated alkanes) is 24. The number of phosphoric ester groups is 1. The molecule has 1 saturated carbocycles. The lowest BCUT2D eigenvalue weighted by Crippen LogP contribution is -2.64. The fraction of sp³-hybridized carbons (Fsp3) is 0.891. The van der Waals surface area contributed by atoms with Crippen LogP contribution in [0.2, 0.25) is 0 Å². The van der Waals surface area contributed by atoms with Crippen LogP contribution in [0.25, 0.3) is 0 Å². The van der Waals surface area contributed by atoms with Crippen molar-refractivity contribution in [3.05, 3.63) is 24.3 Å². The second kappa shape index (κ2) is 36.2. The van der Waals surface area contributed by atoms with Crippen LogP contribution in [-0.2, 0) is 18.4 Å². The topological polar surface area (TPSA) is 226 Å². The molecule has 0 aromatic rings. The van der Waals surface area contributed by atoms with Gasteiger partial charge in [-0.2, -0.15) is 0 Å². The lowest BCUT2D eigenvalue weighted by atomic mass is 9.85. The third kappa shape index (κ3) is 27.8. The molecule has 0 radical (unpaired) electrons. The summed E-state index contributed by atoms with van der Waals surface area (Å²) in [4.78, 5) is 23.4. The maximum atomic E-state index is 13.0. The molecule has 8 atom stereocenters. The number of hydrogen-bond acceptors (Lipinski definition) is 11. The Kier molecular flexibility index (Phi) is 34.2. The van der Waals surface area contributed by atoms with Crippen molar-refractivity contribution in [3.63, 3.8) is 0 Å². The second-order valence-electron chi connectivity index (χ2n) is 17.1. The van der Waals surface area contributed by atoms with Crippen molar-refractivity contribution in [2.75, 3.05) is 6.61 Å². The van der Waals surface area contributed by atoms with Gasteiger partial charge in [-0.1, -0.05) is 173 Å². The molecular formula is C46H88NO12P. The van der Waals surface area contributed by atoms with E-state index in [9.17, 15) is 50.0 Å². The molecule has 0 heterocycles. The number of nitrogens with one attached hydrogen (secondary N) is 1. The predicted molar refractivity (Wildman–Crippen MR) is 238 cm³/mol. The molecule has 0 bridgehead atoms. The third-order valence-electron chi connectivity index (χ3n) is 11.5. The lowest BCUT2D eigenvalue weighted by molar-refractivity contribution is -0.220. The van der Waals surface area contributed by atoms with Crippen LogP contribution in [0.3, 0.4) is 0 Å². The molecule has 13 nitrogen and oxygen atoms in total. The molecule has 0 saturated heterocycles. The van der Waals surface area contributed by atoms with Gasteiger partial charge in [-0.05, 0) is 44.9 Å². The summed E-state index contributed by atoms with van der Waals surface area (Å²) in [5.41, 5.74) is 0. The number of aliphatic hydroxyl groups is 7. The first kappa shape index (κ1) is 56.8. The fourth-order valence-corrected chi connectivity index (χ4v) is 8.55. The Balaban J connectivity index is 2.46. The molecule has 0 aliphatic heterocycles. The molecule has 1 fully saturated rings. The molecule has 9 N–H and O–H groups in total. The summed E-state index contributed by atoms with van der Waals surface area (Å²) in [5.74, 6) is -0.598. The standard InChI is InChI=1S/C46H88NO12P/c1-3-5-7-9-11-13-15-16-17-18-19-20-21-22-23-24-25-27-29-31-33-37(48)35-40(50)47-38(39(49)34-32-30-28-26-14-12-10-8-6-4-2)36-58-60(56,57)59-46-44(54)42(52)41(51)43(53)45(46)55/h21-22,32,34,37-39,41-46,48-49,51-55H,3-20,23-31,33,35-36H2,1-2H3,(H,47,50)(H,56,57)/b22-21-,34-32+. The smallest absolute Gasteiger partial charge is 0.393 e. The molecule has 0 aromatic heterocycles. The summed E-state index contributed by atoms with van der Waals surface area (Å²) in [6.45, 7) is 3.71. The molecule has 0 aromatic carbocycles. The fourth-order valence-electron chi connectivity index (χ4n) is 7.59. The Morgan fingerprint density at radius 2 is 0.967 bits per heavy atom. The minimum atomic E-state index is -5.14. The van der Waals surface area contributed by atoms with E-state index < -0.39 is 75.2 Å². The number of allylic oxidation sites excluding steroid dienone is 3. The molecular weight excluding hydrogens is 789 g/mol. The minimum absolute atomic E-state index is 0.249. The predicted octanol–water partition coefficient (Wildman–Crippen LogP) is 7.98. The van der Waals surface area contributed by atoms with Gasteiger partial charge in [-0.15, -0.1) is 0 Å².